The molecule has 0 aromatic rings. The zero-order valence-corrected chi connectivity index (χ0v) is 63.3. The van der Waals surface area contributed by atoms with Crippen LogP contribution in [0, 0.1) is 0 Å². The van der Waals surface area contributed by atoms with Crippen LogP contribution in [-0.2, 0) is 14.4 Å². The quantitative estimate of drug-likeness (QED) is 0.0327. The molecule has 12 heteroatoms. The van der Waals surface area contributed by atoms with E-state index >= 15 is 0 Å². The third kappa shape index (κ3) is 71.3. The molecule has 93 heavy (non-hydrogen) atoms. The van der Waals surface area contributed by atoms with Gasteiger partial charge >= 0.3 is 0 Å². The summed E-state index contributed by atoms with van der Waals surface area (Å²) in [5.41, 5.74) is 0. The number of hydrogen-bond donors (Lipinski definition) is 6. The average Bonchev–Trinajstić information content (AvgIpc) is 3.18. The van der Waals surface area contributed by atoms with Crippen LogP contribution in [0.4, 0.5) is 0 Å². The first-order chi connectivity index (χ1) is 45.7. The summed E-state index contributed by atoms with van der Waals surface area (Å²) in [5, 5.41) is 36.6. The molecule has 554 valence electrons. The number of carbonyl (C=O) groups is 3. The lowest BCUT2D eigenvalue weighted by Crippen LogP contribution is -2.46. The van der Waals surface area contributed by atoms with Gasteiger partial charge in [-0.2, -0.15) is 0 Å². The van der Waals surface area contributed by atoms with Gasteiger partial charge in [-0.1, -0.05) is 349 Å². The summed E-state index contributed by atoms with van der Waals surface area (Å²) in [6, 6.07) is 0. The summed E-state index contributed by atoms with van der Waals surface area (Å²) < 4.78 is 0. The van der Waals surface area contributed by atoms with E-state index < -0.39 is 12.2 Å². The maximum atomic E-state index is 13.3. The average molecular weight is 1320 g/mol. The van der Waals surface area contributed by atoms with Gasteiger partial charge in [-0.3, -0.25) is 29.1 Å². The molecule has 0 saturated heterocycles. The number of hydrogen-bond acceptors (Lipinski definition) is 9. The molecule has 0 aliphatic carbocycles. The van der Waals surface area contributed by atoms with E-state index in [2.05, 4.69) is 70.6 Å². The molecule has 0 bridgehead atoms. The SMILES string of the molecule is CCCCCCCCCCCCCCN(CCN(CCCCCCCCCCCCCC)CC(O)CN(CCC(=O)NCCCCCCCCCCCC)CCC(=O)NCCCCCCCCCCCC)CC(O)CNCCC(=O)NCCCCCCCCCCCC. The highest BCUT2D eigenvalue weighted by atomic mass is 16.3. The van der Waals surface area contributed by atoms with E-state index in [4.69, 9.17) is 0 Å². The van der Waals surface area contributed by atoms with E-state index in [9.17, 15) is 24.6 Å². The van der Waals surface area contributed by atoms with E-state index in [1.165, 1.54) is 302 Å². The van der Waals surface area contributed by atoms with Gasteiger partial charge in [0.05, 0.1) is 12.2 Å². The summed E-state index contributed by atoms with van der Waals surface area (Å²) >= 11 is 0. The molecule has 0 aliphatic rings. The van der Waals surface area contributed by atoms with Crippen LogP contribution < -0.4 is 21.3 Å². The molecule has 0 spiro atoms. The molecule has 2 atom stereocenters. The van der Waals surface area contributed by atoms with Gasteiger partial charge in [-0.15, -0.1) is 0 Å². The molecule has 2 unspecified atom stereocenters. The highest BCUT2D eigenvalue weighted by molar-refractivity contribution is 5.77. The second-order valence-corrected chi connectivity index (χ2v) is 29.0. The van der Waals surface area contributed by atoms with Crippen molar-refractivity contribution in [2.24, 2.45) is 0 Å². The fraction of sp³-hybridized carbons (Fsp3) is 0.963. The largest absolute Gasteiger partial charge is 0.390 e. The van der Waals surface area contributed by atoms with Gasteiger partial charge < -0.3 is 31.5 Å². The molecule has 0 rings (SSSR count). The van der Waals surface area contributed by atoms with Crippen LogP contribution in [0.1, 0.15) is 401 Å². The number of rotatable bonds is 79. The Hall–Kier alpha value is -1.83. The molecule has 6 N–H and O–H groups in total. The monoisotopic (exact) mass is 1320 g/mol. The van der Waals surface area contributed by atoms with Gasteiger partial charge in [0.15, 0.2) is 0 Å². The molecule has 3 amide bonds. The zero-order valence-electron chi connectivity index (χ0n) is 63.3. The molecule has 0 aromatic heterocycles. The first-order valence-corrected chi connectivity index (χ1v) is 41.7. The Balaban J connectivity index is 5.91. The molecular weight excluding hydrogens is 1150 g/mol. The normalized spacial score (nSPS) is 12.5. The molecule has 12 nitrogen and oxygen atoms in total. The maximum Gasteiger partial charge on any atom is 0.221 e. The maximum absolute atomic E-state index is 13.3. The highest BCUT2D eigenvalue weighted by Gasteiger charge is 2.20. The van der Waals surface area contributed by atoms with Crippen LogP contribution in [0.25, 0.3) is 0 Å². The van der Waals surface area contributed by atoms with E-state index in [0.717, 1.165) is 77.7 Å². The Morgan fingerprint density at radius 3 is 0.731 bits per heavy atom. The van der Waals surface area contributed by atoms with E-state index in [1.807, 2.05) is 0 Å². The summed E-state index contributed by atoms with van der Waals surface area (Å²) in [7, 11) is 0. The predicted molar refractivity (Wildman–Crippen MR) is 405 cm³/mol. The van der Waals surface area contributed by atoms with Crippen molar-refractivity contribution in [3.63, 3.8) is 0 Å². The summed E-state index contributed by atoms with van der Waals surface area (Å²) in [5.74, 6) is 0.187. The fourth-order valence-electron chi connectivity index (χ4n) is 13.3. The van der Waals surface area contributed by atoms with Crippen molar-refractivity contribution in [1.82, 2.24) is 36.0 Å². The van der Waals surface area contributed by atoms with Gasteiger partial charge in [-0.25, -0.2) is 0 Å². The number of aliphatic hydroxyl groups is 2. The topological polar surface area (TPSA) is 150 Å². The molecule has 0 fully saturated rings. The lowest BCUT2D eigenvalue weighted by molar-refractivity contribution is -0.122. The van der Waals surface area contributed by atoms with Gasteiger partial charge in [0.25, 0.3) is 0 Å². The van der Waals surface area contributed by atoms with Gasteiger partial charge in [-0.05, 0) is 45.2 Å². The second kappa shape index (κ2) is 75.9. The minimum Gasteiger partial charge on any atom is -0.390 e. The van der Waals surface area contributed by atoms with Crippen LogP contribution in [0.3, 0.4) is 0 Å². The van der Waals surface area contributed by atoms with Crippen molar-refractivity contribution < 1.29 is 24.6 Å². The Kier molecular flexibility index (Phi) is 74.4. The van der Waals surface area contributed by atoms with Crippen LogP contribution in [0.2, 0.25) is 0 Å². The summed E-state index contributed by atoms with van der Waals surface area (Å²) in [6.07, 6.45) is 69.4. The van der Waals surface area contributed by atoms with E-state index in [1.54, 1.807) is 0 Å². The first-order valence-electron chi connectivity index (χ1n) is 41.7. The van der Waals surface area contributed by atoms with Gasteiger partial charge in [0.2, 0.25) is 17.7 Å². The smallest absolute Gasteiger partial charge is 0.221 e. The molecule has 0 radical (unpaired) electrons. The zero-order chi connectivity index (χ0) is 67.7. The number of nitrogens with one attached hydrogen (secondary N) is 4. The third-order valence-corrected chi connectivity index (χ3v) is 19.6. The van der Waals surface area contributed by atoms with Gasteiger partial charge in [0, 0.05) is 97.8 Å². The number of carbonyl (C=O) groups excluding carboxylic acids is 3. The van der Waals surface area contributed by atoms with Crippen LogP contribution in [-0.4, -0.2) is 146 Å². The van der Waals surface area contributed by atoms with Crippen LogP contribution >= 0.6 is 0 Å². The van der Waals surface area contributed by atoms with Crippen LogP contribution in [0.15, 0.2) is 0 Å². The molecule has 0 heterocycles. The predicted octanol–water partition coefficient (Wildman–Crippen LogP) is 19.9. The summed E-state index contributed by atoms with van der Waals surface area (Å²) in [4.78, 5) is 46.5. The minimum atomic E-state index is -0.640. The first kappa shape index (κ1) is 91.2. The Morgan fingerprint density at radius 2 is 0.462 bits per heavy atom. The van der Waals surface area contributed by atoms with Crippen LogP contribution in [0.5, 0.6) is 0 Å². The molecule has 0 aromatic carbocycles. The number of nitrogens with zero attached hydrogens (tertiary/aromatic N) is 3. The number of aliphatic hydroxyl groups excluding tert-OH is 2. The second-order valence-electron chi connectivity index (χ2n) is 29.0. The minimum absolute atomic E-state index is 0.0513. The Morgan fingerprint density at radius 1 is 0.247 bits per heavy atom. The Bertz CT molecular complexity index is 1470. The molecular formula is C81H165N7O5. The van der Waals surface area contributed by atoms with Crippen molar-refractivity contribution in [3.8, 4) is 0 Å². The lowest BCUT2D eigenvalue weighted by Gasteiger charge is -2.32. The molecule has 0 aliphatic heterocycles. The standard InChI is InChI=1S/C81H165N7O5/c1-6-11-16-21-26-31-36-38-43-48-53-58-67-86(74-77(89)73-82-66-60-79(91)83-63-55-50-45-40-33-28-23-18-13-8-3)71-72-87(68-59-54-49-44-39-37-32-27-22-17-12-7-2)75-78(90)76-88(69-61-80(92)84-64-56-51-46-41-34-29-24-19-14-9-4)70-62-81(93)85-65-57-52-47-42-35-30-25-20-15-10-5/h77-78,82,89-90H,6-76H2,1-5H3,(H,83,91)(H,84,92)(H,85,93). The Labute approximate surface area is 579 Å². The molecule has 0 saturated carbocycles. The van der Waals surface area contributed by atoms with Crippen molar-refractivity contribution in [1.29, 1.82) is 0 Å². The number of unbranched alkanes of at least 4 members (excludes halogenated alkanes) is 49. The summed E-state index contributed by atoms with van der Waals surface area (Å²) in [6.45, 7) is 20.5. The lowest BCUT2D eigenvalue weighted by atomic mass is 10.1. The highest BCUT2D eigenvalue weighted by Crippen LogP contribution is 2.17. The van der Waals surface area contributed by atoms with Crippen molar-refractivity contribution in [3.05, 3.63) is 0 Å². The van der Waals surface area contributed by atoms with Gasteiger partial charge in [0.1, 0.15) is 0 Å². The third-order valence-electron chi connectivity index (χ3n) is 19.6. The van der Waals surface area contributed by atoms with Crippen molar-refractivity contribution in [2.75, 3.05) is 91.6 Å². The number of amides is 3. The fourth-order valence-corrected chi connectivity index (χ4v) is 13.3. The van der Waals surface area contributed by atoms with E-state index in [0.29, 0.717) is 78.2 Å². The van der Waals surface area contributed by atoms with E-state index in [-0.39, 0.29) is 17.7 Å². The van der Waals surface area contributed by atoms with Crippen molar-refractivity contribution in [2.45, 2.75) is 413 Å². The van der Waals surface area contributed by atoms with Crippen molar-refractivity contribution >= 4 is 17.7 Å².